The zero-order valence-corrected chi connectivity index (χ0v) is 9.82. The van der Waals surface area contributed by atoms with Crippen LogP contribution in [0.2, 0.25) is 0 Å². The second kappa shape index (κ2) is 5.27. The Morgan fingerprint density at radius 2 is 2.14 bits per heavy atom. The van der Waals surface area contributed by atoms with Crippen LogP contribution in [-0.4, -0.2) is 12.3 Å². The molecule has 1 aromatic carbocycles. The third-order valence-electron chi connectivity index (χ3n) is 2.01. The van der Waals surface area contributed by atoms with Gasteiger partial charge in [-0.05, 0) is 24.0 Å². The highest BCUT2D eigenvalue weighted by molar-refractivity contribution is 7.98. The lowest BCUT2D eigenvalue weighted by Gasteiger charge is -2.10. The van der Waals surface area contributed by atoms with E-state index in [4.69, 9.17) is 5.73 Å². The Kier molecular flexibility index (Phi) is 4.29. The highest BCUT2D eigenvalue weighted by Crippen LogP contribution is 2.23. The zero-order valence-electron chi connectivity index (χ0n) is 9.00. The van der Waals surface area contributed by atoms with Gasteiger partial charge < -0.3 is 11.1 Å². The van der Waals surface area contributed by atoms with Crippen LogP contribution in [0.5, 0.6) is 0 Å². The van der Waals surface area contributed by atoms with Crippen LogP contribution in [0.4, 0.5) is 5.69 Å². The summed E-state index contributed by atoms with van der Waals surface area (Å²) in [7, 11) is 0. The molecule has 0 unspecified atom stereocenters. The molecule has 0 spiro atoms. The van der Waals surface area contributed by atoms with Gasteiger partial charge in [-0.1, -0.05) is 19.9 Å². The second-order valence-electron chi connectivity index (χ2n) is 3.61. The number of nitrogens with one attached hydrogen (secondary N) is 1. The Morgan fingerprint density at radius 1 is 1.43 bits per heavy atom. The first-order chi connectivity index (χ1) is 6.63. The molecule has 0 aliphatic carbocycles. The largest absolute Gasteiger partial charge is 0.398 e. The molecule has 0 fully saturated rings. The van der Waals surface area contributed by atoms with Crippen molar-refractivity contribution in [3.8, 4) is 0 Å². The molecule has 0 aromatic heterocycles. The summed E-state index contributed by atoms with van der Waals surface area (Å²) >= 11 is 1.69. The van der Waals surface area contributed by atoms with E-state index in [-0.39, 0.29) is 0 Å². The zero-order chi connectivity index (χ0) is 10.6. The van der Waals surface area contributed by atoms with Crippen LogP contribution in [0.3, 0.4) is 0 Å². The minimum atomic E-state index is 0.519. The third-order valence-corrected chi connectivity index (χ3v) is 2.81. The van der Waals surface area contributed by atoms with Crippen molar-refractivity contribution >= 4 is 17.4 Å². The lowest BCUT2D eigenvalue weighted by Crippen LogP contribution is -2.21. The maximum absolute atomic E-state index is 5.81. The van der Waals surface area contributed by atoms with E-state index in [1.54, 1.807) is 11.8 Å². The summed E-state index contributed by atoms with van der Waals surface area (Å²) in [6.45, 7) is 5.20. The normalized spacial score (nSPS) is 10.9. The number of nitrogen functional groups attached to an aromatic ring is 1. The smallest absolute Gasteiger partial charge is 0.0452 e. The summed E-state index contributed by atoms with van der Waals surface area (Å²) in [5.74, 6) is 0. The monoisotopic (exact) mass is 210 g/mol. The molecular formula is C11H18N2S. The molecule has 3 heteroatoms. The first-order valence-electron chi connectivity index (χ1n) is 4.79. The average molecular weight is 210 g/mol. The number of rotatable bonds is 4. The minimum Gasteiger partial charge on any atom is -0.398 e. The molecule has 2 nitrogen and oxygen atoms in total. The Balaban J connectivity index is 2.69. The van der Waals surface area contributed by atoms with E-state index in [9.17, 15) is 0 Å². The predicted molar refractivity (Wildman–Crippen MR) is 64.6 cm³/mol. The highest BCUT2D eigenvalue weighted by atomic mass is 32.2. The summed E-state index contributed by atoms with van der Waals surface area (Å²) in [5.41, 5.74) is 7.97. The maximum atomic E-state index is 5.81. The predicted octanol–water partition coefficient (Wildman–Crippen LogP) is 2.49. The molecule has 3 N–H and O–H groups in total. The minimum absolute atomic E-state index is 0.519. The topological polar surface area (TPSA) is 38.0 Å². The lowest BCUT2D eigenvalue weighted by molar-refractivity contribution is 0.588. The Hall–Kier alpha value is -0.670. The number of hydrogen-bond donors (Lipinski definition) is 2. The lowest BCUT2D eigenvalue weighted by atomic mass is 10.2. The molecular weight excluding hydrogens is 192 g/mol. The third kappa shape index (κ3) is 3.24. The van der Waals surface area contributed by atoms with E-state index in [1.165, 1.54) is 5.56 Å². The van der Waals surface area contributed by atoms with Gasteiger partial charge >= 0.3 is 0 Å². The van der Waals surface area contributed by atoms with Crippen LogP contribution in [0, 0.1) is 0 Å². The molecule has 0 aliphatic heterocycles. The van der Waals surface area contributed by atoms with Crippen LogP contribution in [0.15, 0.2) is 23.1 Å². The molecule has 0 radical (unpaired) electrons. The first-order valence-corrected chi connectivity index (χ1v) is 6.01. The van der Waals surface area contributed by atoms with Crippen molar-refractivity contribution in [2.24, 2.45) is 0 Å². The summed E-state index contributed by atoms with van der Waals surface area (Å²) in [6, 6.07) is 6.72. The number of thioether (sulfide) groups is 1. The van der Waals surface area contributed by atoms with Gasteiger partial charge in [0, 0.05) is 23.2 Å². The van der Waals surface area contributed by atoms with Gasteiger partial charge in [-0.3, -0.25) is 0 Å². The Labute approximate surface area is 90.3 Å². The van der Waals surface area contributed by atoms with E-state index in [0.717, 1.165) is 17.1 Å². The molecule has 0 saturated heterocycles. The fourth-order valence-corrected chi connectivity index (χ4v) is 1.76. The molecule has 0 amide bonds. The fraction of sp³-hybridized carbons (Fsp3) is 0.455. The summed E-state index contributed by atoms with van der Waals surface area (Å²) in [5, 5.41) is 3.38. The molecule has 0 aliphatic rings. The van der Waals surface area contributed by atoms with E-state index in [1.807, 2.05) is 12.3 Å². The van der Waals surface area contributed by atoms with Crippen LogP contribution in [0.1, 0.15) is 19.4 Å². The van der Waals surface area contributed by atoms with Gasteiger partial charge in [0.15, 0.2) is 0 Å². The molecule has 1 rings (SSSR count). The van der Waals surface area contributed by atoms with E-state index in [0.29, 0.717) is 6.04 Å². The second-order valence-corrected chi connectivity index (χ2v) is 4.46. The van der Waals surface area contributed by atoms with Crippen molar-refractivity contribution in [2.75, 3.05) is 12.0 Å². The highest BCUT2D eigenvalue weighted by Gasteiger charge is 2.00. The van der Waals surface area contributed by atoms with Gasteiger partial charge in [-0.2, -0.15) is 0 Å². The van der Waals surface area contributed by atoms with Gasteiger partial charge in [-0.25, -0.2) is 0 Å². The van der Waals surface area contributed by atoms with Crippen molar-refractivity contribution in [3.05, 3.63) is 23.8 Å². The Morgan fingerprint density at radius 3 is 2.71 bits per heavy atom. The molecule has 0 atom stereocenters. The molecule has 0 bridgehead atoms. The summed E-state index contributed by atoms with van der Waals surface area (Å²) < 4.78 is 0. The van der Waals surface area contributed by atoms with Gasteiger partial charge in [0.2, 0.25) is 0 Å². The fourth-order valence-electron chi connectivity index (χ4n) is 1.19. The van der Waals surface area contributed by atoms with Crippen molar-refractivity contribution in [1.82, 2.24) is 5.32 Å². The maximum Gasteiger partial charge on any atom is 0.0452 e. The van der Waals surface area contributed by atoms with Crippen LogP contribution >= 0.6 is 11.8 Å². The van der Waals surface area contributed by atoms with Crippen molar-refractivity contribution in [3.63, 3.8) is 0 Å². The molecule has 14 heavy (non-hydrogen) atoms. The number of benzene rings is 1. The van der Waals surface area contributed by atoms with Gasteiger partial charge in [0.25, 0.3) is 0 Å². The average Bonchev–Trinajstić information content (AvgIpc) is 2.16. The standard InChI is InChI=1S/C11H18N2S/c1-8(2)13-7-9-4-5-10(12)11(6-9)14-3/h4-6,8,13H,7,12H2,1-3H3. The molecule has 1 aromatic rings. The van der Waals surface area contributed by atoms with Crippen molar-refractivity contribution in [1.29, 1.82) is 0 Å². The van der Waals surface area contributed by atoms with Crippen LogP contribution < -0.4 is 11.1 Å². The number of anilines is 1. The van der Waals surface area contributed by atoms with E-state index >= 15 is 0 Å². The molecule has 78 valence electrons. The van der Waals surface area contributed by atoms with Crippen molar-refractivity contribution in [2.45, 2.75) is 31.3 Å². The van der Waals surface area contributed by atoms with Crippen molar-refractivity contribution < 1.29 is 0 Å². The SMILES string of the molecule is CSc1cc(CNC(C)C)ccc1N. The molecule has 0 saturated carbocycles. The number of hydrogen-bond acceptors (Lipinski definition) is 3. The first kappa shape index (κ1) is 11.4. The van der Waals surface area contributed by atoms with E-state index in [2.05, 4.69) is 31.3 Å². The van der Waals surface area contributed by atoms with Gasteiger partial charge in [-0.15, -0.1) is 11.8 Å². The number of nitrogens with two attached hydrogens (primary N) is 1. The van der Waals surface area contributed by atoms with Gasteiger partial charge in [0.1, 0.15) is 0 Å². The quantitative estimate of drug-likeness (QED) is 0.592. The summed E-state index contributed by atoms with van der Waals surface area (Å²) in [4.78, 5) is 1.16. The van der Waals surface area contributed by atoms with Crippen LogP contribution in [0.25, 0.3) is 0 Å². The van der Waals surface area contributed by atoms with E-state index < -0.39 is 0 Å². The van der Waals surface area contributed by atoms with Crippen LogP contribution in [-0.2, 0) is 6.54 Å². The summed E-state index contributed by atoms with van der Waals surface area (Å²) in [6.07, 6.45) is 2.05. The van der Waals surface area contributed by atoms with Gasteiger partial charge in [0.05, 0.1) is 0 Å². The molecule has 0 heterocycles. The Bertz CT molecular complexity index is 297.